The SMILES string of the molecule is N#CCN(CC#N)c1ncnc(N2CCc3ccccc3C2)c1[N+](=O)[O-]. The van der Waals surface area contributed by atoms with Crippen LogP contribution in [0.1, 0.15) is 11.1 Å². The molecule has 9 heteroatoms. The molecule has 1 aliphatic heterocycles. The Hall–Kier alpha value is -3.72. The molecular weight excluding hydrogens is 334 g/mol. The lowest BCUT2D eigenvalue weighted by molar-refractivity contribution is -0.383. The van der Waals surface area contributed by atoms with Gasteiger partial charge in [0, 0.05) is 13.1 Å². The third-order valence-electron chi connectivity index (χ3n) is 4.22. The Morgan fingerprint density at radius 3 is 2.54 bits per heavy atom. The Labute approximate surface area is 149 Å². The van der Waals surface area contributed by atoms with Crippen LogP contribution in [-0.4, -0.2) is 34.5 Å². The van der Waals surface area contributed by atoms with Crippen LogP contribution in [0, 0.1) is 32.8 Å². The lowest BCUT2D eigenvalue weighted by Crippen LogP contribution is -2.33. The largest absolute Gasteiger partial charge is 0.353 e. The van der Waals surface area contributed by atoms with Gasteiger partial charge >= 0.3 is 5.69 Å². The van der Waals surface area contributed by atoms with Gasteiger partial charge in [-0.25, -0.2) is 9.97 Å². The highest BCUT2D eigenvalue weighted by Gasteiger charge is 2.31. The van der Waals surface area contributed by atoms with E-state index in [0.29, 0.717) is 13.1 Å². The molecule has 1 aliphatic rings. The summed E-state index contributed by atoms with van der Waals surface area (Å²) in [7, 11) is 0. The molecule has 0 fully saturated rings. The summed E-state index contributed by atoms with van der Waals surface area (Å²) >= 11 is 0. The fourth-order valence-electron chi connectivity index (χ4n) is 3.04. The van der Waals surface area contributed by atoms with Gasteiger partial charge in [0.15, 0.2) is 0 Å². The molecular formula is C17H15N7O2. The summed E-state index contributed by atoms with van der Waals surface area (Å²) in [6.07, 6.45) is 1.99. The van der Waals surface area contributed by atoms with Gasteiger partial charge in [-0.3, -0.25) is 10.1 Å². The number of fused-ring (bicyclic) bond motifs is 1. The second kappa shape index (κ2) is 7.45. The minimum absolute atomic E-state index is 0.0121. The maximum atomic E-state index is 11.8. The van der Waals surface area contributed by atoms with Crippen LogP contribution in [0.5, 0.6) is 0 Å². The maximum Gasteiger partial charge on any atom is 0.353 e. The summed E-state index contributed by atoms with van der Waals surface area (Å²) in [5.74, 6) is 0.192. The van der Waals surface area contributed by atoms with Crippen LogP contribution < -0.4 is 9.80 Å². The van der Waals surface area contributed by atoms with Crippen molar-refractivity contribution in [3.8, 4) is 12.1 Å². The third-order valence-corrected chi connectivity index (χ3v) is 4.22. The van der Waals surface area contributed by atoms with Gasteiger partial charge in [0.1, 0.15) is 19.4 Å². The zero-order valence-corrected chi connectivity index (χ0v) is 13.9. The highest BCUT2D eigenvalue weighted by Crippen LogP contribution is 2.36. The number of benzene rings is 1. The number of nitrogens with zero attached hydrogens (tertiary/aromatic N) is 7. The Kier molecular flexibility index (Phi) is 4.90. The van der Waals surface area contributed by atoms with Crippen molar-refractivity contribution in [2.24, 2.45) is 0 Å². The molecule has 0 saturated carbocycles. The molecule has 0 N–H and O–H groups in total. The second-order valence-electron chi connectivity index (χ2n) is 5.74. The Balaban J connectivity index is 2.03. The lowest BCUT2D eigenvalue weighted by atomic mass is 10.00. The predicted octanol–water partition coefficient (Wildman–Crippen LogP) is 1.80. The van der Waals surface area contributed by atoms with E-state index in [9.17, 15) is 10.1 Å². The van der Waals surface area contributed by atoms with Crippen molar-refractivity contribution in [2.75, 3.05) is 29.4 Å². The molecule has 2 aromatic rings. The molecule has 3 rings (SSSR count). The van der Waals surface area contributed by atoms with E-state index >= 15 is 0 Å². The molecule has 130 valence electrons. The summed E-state index contributed by atoms with van der Waals surface area (Å²) in [4.78, 5) is 22.4. The van der Waals surface area contributed by atoms with Crippen LogP contribution in [0.15, 0.2) is 30.6 Å². The molecule has 0 atom stereocenters. The smallest absolute Gasteiger partial charge is 0.346 e. The van der Waals surface area contributed by atoms with Crippen molar-refractivity contribution in [1.82, 2.24) is 9.97 Å². The Morgan fingerprint density at radius 2 is 1.88 bits per heavy atom. The number of rotatable bonds is 5. The van der Waals surface area contributed by atoms with Gasteiger partial charge in [0.25, 0.3) is 0 Å². The van der Waals surface area contributed by atoms with E-state index in [0.717, 1.165) is 12.0 Å². The minimum Gasteiger partial charge on any atom is -0.346 e. The first-order chi connectivity index (χ1) is 12.7. The van der Waals surface area contributed by atoms with E-state index in [-0.39, 0.29) is 30.4 Å². The van der Waals surface area contributed by atoms with Crippen LogP contribution >= 0.6 is 0 Å². The Morgan fingerprint density at radius 1 is 1.19 bits per heavy atom. The van der Waals surface area contributed by atoms with E-state index < -0.39 is 4.92 Å². The van der Waals surface area contributed by atoms with Gasteiger partial charge in [-0.15, -0.1) is 0 Å². The molecule has 1 aromatic heterocycles. The fraction of sp³-hybridized carbons (Fsp3) is 0.294. The summed E-state index contributed by atoms with van der Waals surface area (Å²) in [5.41, 5.74) is 2.03. The first-order valence-electron chi connectivity index (χ1n) is 7.95. The van der Waals surface area contributed by atoms with Crippen molar-refractivity contribution < 1.29 is 4.92 Å². The summed E-state index contributed by atoms with van der Waals surface area (Å²) in [5, 5.41) is 29.7. The standard InChI is InChI=1S/C17H15N7O2/c18-6-9-22(10-7-19)16-15(24(25)26)17(21-12-20-16)23-8-5-13-3-1-2-4-14(13)11-23/h1-4,12H,5,8-11H2. The quantitative estimate of drug-likeness (QED) is 0.455. The summed E-state index contributed by atoms with van der Waals surface area (Å²) < 4.78 is 0. The molecule has 0 aliphatic carbocycles. The minimum atomic E-state index is -0.549. The zero-order chi connectivity index (χ0) is 18.5. The highest BCUT2D eigenvalue weighted by molar-refractivity contribution is 5.72. The van der Waals surface area contributed by atoms with Crippen LogP contribution in [0.3, 0.4) is 0 Å². The van der Waals surface area contributed by atoms with Gasteiger partial charge in [0.05, 0.1) is 17.1 Å². The maximum absolute atomic E-state index is 11.8. The van der Waals surface area contributed by atoms with Crippen LogP contribution in [0.4, 0.5) is 17.3 Å². The molecule has 2 heterocycles. The van der Waals surface area contributed by atoms with Crippen molar-refractivity contribution in [2.45, 2.75) is 13.0 Å². The second-order valence-corrected chi connectivity index (χ2v) is 5.74. The number of aromatic nitrogens is 2. The highest BCUT2D eigenvalue weighted by atomic mass is 16.6. The number of nitriles is 2. The molecule has 0 bridgehead atoms. The number of hydrogen-bond donors (Lipinski definition) is 0. The zero-order valence-electron chi connectivity index (χ0n) is 13.9. The predicted molar refractivity (Wildman–Crippen MR) is 93.3 cm³/mol. The van der Waals surface area contributed by atoms with E-state index in [2.05, 4.69) is 9.97 Å². The molecule has 0 saturated heterocycles. The normalized spacial score (nSPS) is 12.6. The van der Waals surface area contributed by atoms with Crippen molar-refractivity contribution in [3.05, 3.63) is 51.8 Å². The number of hydrogen-bond acceptors (Lipinski definition) is 8. The topological polar surface area (TPSA) is 123 Å². The molecule has 26 heavy (non-hydrogen) atoms. The van der Waals surface area contributed by atoms with Crippen molar-refractivity contribution in [1.29, 1.82) is 10.5 Å². The van der Waals surface area contributed by atoms with Gasteiger partial charge in [0.2, 0.25) is 11.6 Å². The van der Waals surface area contributed by atoms with E-state index in [1.54, 1.807) is 0 Å². The number of nitro groups is 1. The molecule has 1 aromatic carbocycles. The first kappa shape index (κ1) is 17.1. The molecule has 0 radical (unpaired) electrons. The summed E-state index contributed by atoms with van der Waals surface area (Å²) in [6.45, 7) is 0.746. The van der Waals surface area contributed by atoms with Crippen LogP contribution in [-0.2, 0) is 13.0 Å². The summed E-state index contributed by atoms with van der Waals surface area (Å²) in [6, 6.07) is 11.8. The average Bonchev–Trinajstić information content (AvgIpc) is 2.66. The third kappa shape index (κ3) is 3.23. The van der Waals surface area contributed by atoms with E-state index in [1.807, 2.05) is 41.3 Å². The van der Waals surface area contributed by atoms with Crippen LogP contribution in [0.25, 0.3) is 0 Å². The fourth-order valence-corrected chi connectivity index (χ4v) is 3.04. The van der Waals surface area contributed by atoms with Gasteiger partial charge in [-0.1, -0.05) is 24.3 Å². The molecule has 0 unspecified atom stereocenters. The Bertz CT molecular complexity index is 900. The number of anilines is 2. The van der Waals surface area contributed by atoms with Crippen molar-refractivity contribution >= 4 is 17.3 Å². The first-order valence-corrected chi connectivity index (χ1v) is 7.95. The van der Waals surface area contributed by atoms with Crippen molar-refractivity contribution in [3.63, 3.8) is 0 Å². The monoisotopic (exact) mass is 349 g/mol. The van der Waals surface area contributed by atoms with E-state index in [4.69, 9.17) is 10.5 Å². The van der Waals surface area contributed by atoms with Gasteiger partial charge in [-0.2, -0.15) is 10.5 Å². The van der Waals surface area contributed by atoms with Gasteiger partial charge < -0.3 is 9.80 Å². The average molecular weight is 349 g/mol. The molecule has 0 spiro atoms. The molecule has 9 nitrogen and oxygen atoms in total. The lowest BCUT2D eigenvalue weighted by Gasteiger charge is -2.30. The van der Waals surface area contributed by atoms with E-state index in [1.165, 1.54) is 16.8 Å². The van der Waals surface area contributed by atoms with Crippen LogP contribution in [0.2, 0.25) is 0 Å². The molecule has 0 amide bonds. The van der Waals surface area contributed by atoms with Gasteiger partial charge in [-0.05, 0) is 17.5 Å².